The molecule has 1 amide bonds. The summed E-state index contributed by atoms with van der Waals surface area (Å²) >= 11 is 0. The second-order valence-corrected chi connectivity index (χ2v) is 4.65. The van der Waals surface area contributed by atoms with E-state index in [1.54, 1.807) is 12.1 Å². The first kappa shape index (κ1) is 16.0. The van der Waals surface area contributed by atoms with Gasteiger partial charge in [-0.15, -0.1) is 0 Å². The number of carboxylic acid groups (broad SMARTS) is 1. The molecule has 1 rings (SSSR count). The number of amides is 1. The molecule has 110 valence electrons. The van der Waals surface area contributed by atoms with Gasteiger partial charge in [-0.05, 0) is 23.6 Å². The maximum atomic E-state index is 11.5. The lowest BCUT2D eigenvalue weighted by Gasteiger charge is -2.12. The number of carboxylic acids is 1. The smallest absolute Gasteiger partial charge is 0.328 e. The molecule has 1 aromatic rings. The number of aliphatic carboxylic acids is 1. The molecule has 0 saturated heterocycles. The second kappa shape index (κ2) is 7.49. The minimum Gasteiger partial charge on any atom is -0.484 e. The molecule has 6 heteroatoms. The zero-order valence-electron chi connectivity index (χ0n) is 11.5. The van der Waals surface area contributed by atoms with Crippen LogP contribution < -0.4 is 10.1 Å². The lowest BCUT2D eigenvalue weighted by molar-refractivity contribution is -0.143. The van der Waals surface area contributed by atoms with Crippen LogP contribution in [0.3, 0.4) is 0 Å². The Morgan fingerprint density at radius 1 is 1.25 bits per heavy atom. The Bertz CT molecular complexity index is 455. The number of ether oxygens (including phenoxy) is 1. The van der Waals surface area contributed by atoms with E-state index < -0.39 is 24.5 Å². The van der Waals surface area contributed by atoms with Gasteiger partial charge in [-0.3, -0.25) is 4.79 Å². The van der Waals surface area contributed by atoms with E-state index in [2.05, 4.69) is 19.2 Å². The van der Waals surface area contributed by atoms with E-state index in [0.29, 0.717) is 11.7 Å². The van der Waals surface area contributed by atoms with Gasteiger partial charge in [-0.25, -0.2) is 4.79 Å². The Labute approximate surface area is 117 Å². The molecule has 1 aromatic carbocycles. The van der Waals surface area contributed by atoms with Gasteiger partial charge in [0.25, 0.3) is 5.91 Å². The Kier molecular flexibility index (Phi) is 5.99. The number of nitrogens with one attached hydrogen (secondary N) is 1. The lowest BCUT2D eigenvalue weighted by Crippen LogP contribution is -2.45. The topological polar surface area (TPSA) is 95.9 Å². The van der Waals surface area contributed by atoms with Crippen LogP contribution in [0.1, 0.15) is 25.3 Å². The van der Waals surface area contributed by atoms with Gasteiger partial charge in [-0.2, -0.15) is 0 Å². The molecule has 3 N–H and O–H groups in total. The molecule has 0 saturated carbocycles. The van der Waals surface area contributed by atoms with Crippen LogP contribution in [-0.4, -0.2) is 41.3 Å². The monoisotopic (exact) mass is 281 g/mol. The molecule has 0 radical (unpaired) electrons. The highest BCUT2D eigenvalue weighted by Crippen LogP contribution is 2.18. The normalized spacial score (nSPS) is 12.0. The van der Waals surface area contributed by atoms with E-state index in [1.165, 1.54) is 0 Å². The summed E-state index contributed by atoms with van der Waals surface area (Å²) < 4.78 is 5.24. The number of hydrogen-bond donors (Lipinski definition) is 3. The molecule has 0 aliphatic carbocycles. The third-order valence-electron chi connectivity index (χ3n) is 2.73. The van der Waals surface area contributed by atoms with Crippen LogP contribution >= 0.6 is 0 Å². The lowest BCUT2D eigenvalue weighted by atomic mass is 10.0. The van der Waals surface area contributed by atoms with Crippen LogP contribution in [0.5, 0.6) is 5.75 Å². The van der Waals surface area contributed by atoms with E-state index in [0.717, 1.165) is 5.56 Å². The second-order valence-electron chi connectivity index (χ2n) is 4.65. The minimum atomic E-state index is -1.31. The Morgan fingerprint density at radius 2 is 1.85 bits per heavy atom. The Morgan fingerprint density at radius 3 is 2.30 bits per heavy atom. The van der Waals surface area contributed by atoms with Gasteiger partial charge >= 0.3 is 5.97 Å². The zero-order valence-corrected chi connectivity index (χ0v) is 11.5. The molecule has 0 aliphatic rings. The van der Waals surface area contributed by atoms with Crippen molar-refractivity contribution in [1.29, 1.82) is 0 Å². The predicted octanol–water partition coefficient (Wildman–Crippen LogP) is 0.750. The van der Waals surface area contributed by atoms with E-state index in [1.807, 2.05) is 12.1 Å². The van der Waals surface area contributed by atoms with Crippen molar-refractivity contribution < 1.29 is 24.5 Å². The Balaban J connectivity index is 2.46. The summed E-state index contributed by atoms with van der Waals surface area (Å²) in [7, 11) is 0. The van der Waals surface area contributed by atoms with Crippen LogP contribution in [0.15, 0.2) is 24.3 Å². The van der Waals surface area contributed by atoms with Crippen LogP contribution in [0.2, 0.25) is 0 Å². The first-order valence-electron chi connectivity index (χ1n) is 6.29. The number of carbonyl (C=O) groups excluding carboxylic acids is 1. The fourth-order valence-electron chi connectivity index (χ4n) is 1.52. The molecule has 0 aliphatic heterocycles. The van der Waals surface area contributed by atoms with Crippen molar-refractivity contribution in [2.24, 2.45) is 0 Å². The summed E-state index contributed by atoms with van der Waals surface area (Å²) in [5.41, 5.74) is 1.16. The highest BCUT2D eigenvalue weighted by molar-refractivity contribution is 5.84. The van der Waals surface area contributed by atoms with Crippen molar-refractivity contribution in [1.82, 2.24) is 5.32 Å². The van der Waals surface area contributed by atoms with Crippen LogP contribution in [0.25, 0.3) is 0 Å². The summed E-state index contributed by atoms with van der Waals surface area (Å²) in [6.45, 7) is 3.18. The fourth-order valence-corrected chi connectivity index (χ4v) is 1.52. The standard InChI is InChI=1S/C14H19NO5/c1-9(2)10-3-5-11(6-4-10)20-8-13(17)15-12(7-16)14(18)19/h3-6,9,12,16H,7-8H2,1-2H3,(H,15,17)(H,18,19). The highest BCUT2D eigenvalue weighted by atomic mass is 16.5. The van der Waals surface area contributed by atoms with Crippen molar-refractivity contribution >= 4 is 11.9 Å². The number of rotatable bonds is 7. The van der Waals surface area contributed by atoms with Crippen molar-refractivity contribution in [2.45, 2.75) is 25.8 Å². The van der Waals surface area contributed by atoms with Crippen LogP contribution in [-0.2, 0) is 9.59 Å². The first-order valence-corrected chi connectivity index (χ1v) is 6.29. The van der Waals surface area contributed by atoms with Gasteiger partial charge in [0, 0.05) is 0 Å². The fraction of sp³-hybridized carbons (Fsp3) is 0.429. The van der Waals surface area contributed by atoms with Gasteiger partial charge in [0.15, 0.2) is 6.61 Å². The van der Waals surface area contributed by atoms with Crippen molar-refractivity contribution in [3.63, 3.8) is 0 Å². The maximum absolute atomic E-state index is 11.5. The van der Waals surface area contributed by atoms with Gasteiger partial charge in [0.2, 0.25) is 0 Å². The molecular weight excluding hydrogens is 262 g/mol. The molecular formula is C14H19NO5. The predicted molar refractivity (Wildman–Crippen MR) is 72.7 cm³/mol. The average Bonchev–Trinajstić information content (AvgIpc) is 2.42. The van der Waals surface area contributed by atoms with Gasteiger partial charge in [-0.1, -0.05) is 26.0 Å². The third-order valence-corrected chi connectivity index (χ3v) is 2.73. The van der Waals surface area contributed by atoms with Crippen LogP contribution in [0, 0.1) is 0 Å². The quantitative estimate of drug-likeness (QED) is 0.685. The van der Waals surface area contributed by atoms with Gasteiger partial charge < -0.3 is 20.3 Å². The summed E-state index contributed by atoms with van der Waals surface area (Å²) in [5.74, 6) is -0.949. The van der Waals surface area contributed by atoms with Gasteiger partial charge in [0.05, 0.1) is 6.61 Å². The summed E-state index contributed by atoms with van der Waals surface area (Å²) in [6.07, 6.45) is 0. The number of aliphatic hydroxyl groups is 1. The summed E-state index contributed by atoms with van der Waals surface area (Å²) in [5, 5.41) is 19.6. The molecule has 1 unspecified atom stereocenters. The number of carbonyl (C=O) groups is 2. The molecule has 6 nitrogen and oxygen atoms in total. The molecule has 1 atom stereocenters. The maximum Gasteiger partial charge on any atom is 0.328 e. The van der Waals surface area contributed by atoms with Crippen molar-refractivity contribution in [3.8, 4) is 5.75 Å². The van der Waals surface area contributed by atoms with Gasteiger partial charge in [0.1, 0.15) is 11.8 Å². The largest absolute Gasteiger partial charge is 0.484 e. The minimum absolute atomic E-state index is 0.301. The van der Waals surface area contributed by atoms with E-state index in [-0.39, 0.29) is 6.61 Å². The van der Waals surface area contributed by atoms with Crippen LogP contribution in [0.4, 0.5) is 0 Å². The number of aliphatic hydroxyl groups excluding tert-OH is 1. The molecule has 0 fully saturated rings. The third kappa shape index (κ3) is 4.89. The molecule has 0 aromatic heterocycles. The molecule has 0 spiro atoms. The summed E-state index contributed by atoms with van der Waals surface area (Å²) in [4.78, 5) is 22.1. The molecule has 20 heavy (non-hydrogen) atoms. The molecule has 0 heterocycles. The summed E-state index contributed by atoms with van der Waals surface area (Å²) in [6, 6.07) is 6.01. The van der Waals surface area contributed by atoms with Crippen molar-refractivity contribution in [3.05, 3.63) is 29.8 Å². The molecule has 0 bridgehead atoms. The zero-order chi connectivity index (χ0) is 15.1. The number of hydrogen-bond acceptors (Lipinski definition) is 4. The first-order chi connectivity index (χ1) is 9.43. The SMILES string of the molecule is CC(C)c1ccc(OCC(=O)NC(CO)C(=O)O)cc1. The van der Waals surface area contributed by atoms with E-state index in [9.17, 15) is 9.59 Å². The number of benzene rings is 1. The Hall–Kier alpha value is -2.08. The van der Waals surface area contributed by atoms with E-state index >= 15 is 0 Å². The average molecular weight is 281 g/mol. The highest BCUT2D eigenvalue weighted by Gasteiger charge is 2.18. The van der Waals surface area contributed by atoms with Crippen molar-refractivity contribution in [2.75, 3.05) is 13.2 Å². The van der Waals surface area contributed by atoms with E-state index in [4.69, 9.17) is 14.9 Å².